The third-order valence-electron chi connectivity index (χ3n) is 8.53. The smallest absolute Gasteiger partial charge is 0.244 e. The number of aryl methyl sites for hydroxylation is 1. The normalized spacial score (nSPS) is 13.3. The minimum absolute atomic E-state index is 0.223. The molecule has 0 aliphatic carbocycles. The molecule has 0 amide bonds. The molecule has 0 spiro atoms. The van der Waals surface area contributed by atoms with E-state index in [2.05, 4.69) is 19.9 Å². The van der Waals surface area contributed by atoms with Crippen molar-refractivity contribution < 1.29 is 27.7 Å². The van der Waals surface area contributed by atoms with Gasteiger partial charge in [0.15, 0.2) is 23.3 Å². The molecule has 1 fully saturated rings. The summed E-state index contributed by atoms with van der Waals surface area (Å²) >= 11 is 0. The molecular formula is C33H48F2N12O4. The van der Waals surface area contributed by atoms with E-state index in [-0.39, 0.29) is 6.54 Å². The van der Waals surface area contributed by atoms with Crippen LogP contribution in [0.2, 0.25) is 0 Å². The molecule has 1 saturated heterocycles. The van der Waals surface area contributed by atoms with Crippen LogP contribution in [0.3, 0.4) is 0 Å². The predicted molar refractivity (Wildman–Crippen MR) is 191 cm³/mol. The molecule has 18 heteroatoms. The Morgan fingerprint density at radius 3 is 1.78 bits per heavy atom. The average Bonchev–Trinajstić information content (AvgIpc) is 3.58. The highest BCUT2D eigenvalue weighted by Crippen LogP contribution is 2.34. The van der Waals surface area contributed by atoms with E-state index in [4.69, 9.17) is 38.9 Å². The molecule has 0 bridgehead atoms. The molecule has 0 atom stereocenters. The number of benzene rings is 1. The molecule has 0 radical (unpaired) electrons. The second-order valence-electron chi connectivity index (χ2n) is 12.1. The van der Waals surface area contributed by atoms with Crippen molar-refractivity contribution in [3.8, 4) is 0 Å². The lowest BCUT2D eigenvalue weighted by Gasteiger charge is -2.36. The first kappa shape index (κ1) is 37.7. The summed E-state index contributed by atoms with van der Waals surface area (Å²) in [5.41, 5.74) is 1.63. The van der Waals surface area contributed by atoms with Gasteiger partial charge in [-0.3, -0.25) is 4.68 Å². The zero-order chi connectivity index (χ0) is 36.3. The standard InChI is InChI=1S/C33H48F2N12O4/c1-42(22-24-7-8-25(34)26(35)21-24)29-27-28(38-32(39-29)46(13-17-48-3)14-18-49-4)30(40-33(37-27)47(15-19-50-5)16-20-51-6)44-9-11-45(12-10-44)31-36-23-43(2)41-31/h7-8,21,23H,9-20,22H2,1-6H3. The highest BCUT2D eigenvalue weighted by atomic mass is 19.2. The maximum Gasteiger partial charge on any atom is 0.244 e. The van der Waals surface area contributed by atoms with Crippen LogP contribution in [0.25, 0.3) is 11.0 Å². The van der Waals surface area contributed by atoms with E-state index >= 15 is 0 Å². The lowest BCUT2D eigenvalue weighted by Crippen LogP contribution is -2.47. The van der Waals surface area contributed by atoms with Crippen LogP contribution < -0.4 is 24.5 Å². The maximum atomic E-state index is 14.3. The number of aromatic nitrogens is 7. The first-order chi connectivity index (χ1) is 24.8. The van der Waals surface area contributed by atoms with Crippen molar-refractivity contribution in [1.29, 1.82) is 0 Å². The molecule has 3 aromatic heterocycles. The molecule has 5 rings (SSSR count). The summed E-state index contributed by atoms with van der Waals surface area (Å²) in [7, 11) is 10.3. The molecular weight excluding hydrogens is 666 g/mol. The molecule has 0 unspecified atom stereocenters. The van der Waals surface area contributed by atoms with Gasteiger partial charge in [-0.1, -0.05) is 6.07 Å². The summed E-state index contributed by atoms with van der Waals surface area (Å²) < 4.78 is 51.6. The summed E-state index contributed by atoms with van der Waals surface area (Å²) in [4.78, 5) is 35.1. The van der Waals surface area contributed by atoms with E-state index in [0.29, 0.717) is 125 Å². The van der Waals surface area contributed by atoms with Crippen molar-refractivity contribution in [2.45, 2.75) is 6.54 Å². The third-order valence-corrected chi connectivity index (χ3v) is 8.53. The largest absolute Gasteiger partial charge is 0.383 e. The van der Waals surface area contributed by atoms with Crippen molar-refractivity contribution in [2.24, 2.45) is 7.05 Å². The Labute approximate surface area is 296 Å². The van der Waals surface area contributed by atoms with Crippen LogP contribution in [0.15, 0.2) is 24.5 Å². The maximum absolute atomic E-state index is 14.3. The van der Waals surface area contributed by atoms with Gasteiger partial charge in [-0.25, -0.2) is 23.7 Å². The van der Waals surface area contributed by atoms with Crippen LogP contribution in [0, 0.1) is 11.6 Å². The highest BCUT2D eigenvalue weighted by Gasteiger charge is 2.28. The summed E-state index contributed by atoms with van der Waals surface area (Å²) in [6.07, 6.45) is 1.69. The van der Waals surface area contributed by atoms with Crippen molar-refractivity contribution >= 4 is 40.5 Å². The zero-order valence-electron chi connectivity index (χ0n) is 30.3. The Morgan fingerprint density at radius 1 is 0.706 bits per heavy atom. The topological polar surface area (TPSA) is 135 Å². The van der Waals surface area contributed by atoms with Gasteiger partial charge < -0.3 is 43.4 Å². The average molecular weight is 715 g/mol. The molecule has 51 heavy (non-hydrogen) atoms. The Hall–Kier alpha value is -4.52. The molecule has 0 N–H and O–H groups in total. The monoisotopic (exact) mass is 714 g/mol. The Balaban J connectivity index is 1.67. The van der Waals surface area contributed by atoms with Crippen LogP contribution >= 0.6 is 0 Å². The molecule has 1 aliphatic heterocycles. The number of hydrogen-bond acceptors (Lipinski definition) is 15. The molecule has 0 saturated carbocycles. The number of rotatable bonds is 19. The molecule has 4 heterocycles. The fraction of sp³-hybridized carbons (Fsp3) is 0.576. The van der Waals surface area contributed by atoms with Gasteiger partial charge in [0.25, 0.3) is 0 Å². The SMILES string of the molecule is COCCN(CCOC)c1nc(N2CCN(c3ncn(C)n3)CC2)c2nc(N(CCOC)CCOC)nc(N(C)Cc3ccc(F)c(F)c3)c2n1. The molecule has 1 aromatic carbocycles. The Morgan fingerprint density at radius 2 is 1.25 bits per heavy atom. The number of methoxy groups -OCH3 is 4. The fourth-order valence-corrected chi connectivity index (χ4v) is 5.74. The van der Waals surface area contributed by atoms with Crippen LogP contribution in [0.1, 0.15) is 5.56 Å². The highest BCUT2D eigenvalue weighted by molar-refractivity contribution is 5.95. The van der Waals surface area contributed by atoms with Crippen LogP contribution in [-0.4, -0.2) is 149 Å². The van der Waals surface area contributed by atoms with Crippen LogP contribution in [0.5, 0.6) is 0 Å². The van der Waals surface area contributed by atoms with Gasteiger partial charge in [-0.05, 0) is 17.7 Å². The lowest BCUT2D eigenvalue weighted by molar-refractivity contribution is 0.189. The quantitative estimate of drug-likeness (QED) is 0.140. The molecule has 4 aromatic rings. The van der Waals surface area contributed by atoms with E-state index in [9.17, 15) is 8.78 Å². The van der Waals surface area contributed by atoms with Gasteiger partial charge in [0.1, 0.15) is 17.4 Å². The Kier molecular flexibility index (Phi) is 13.4. The van der Waals surface area contributed by atoms with Crippen LogP contribution in [-0.2, 0) is 32.5 Å². The first-order valence-electron chi connectivity index (χ1n) is 16.8. The number of ether oxygens (including phenoxy) is 4. The van der Waals surface area contributed by atoms with Crippen molar-refractivity contribution in [3.05, 3.63) is 41.7 Å². The zero-order valence-corrected chi connectivity index (χ0v) is 30.3. The summed E-state index contributed by atoms with van der Waals surface area (Å²) in [5.74, 6) is 0.901. The van der Waals surface area contributed by atoms with E-state index < -0.39 is 11.6 Å². The van der Waals surface area contributed by atoms with Gasteiger partial charge in [-0.15, -0.1) is 5.10 Å². The number of hydrogen-bond donors (Lipinski definition) is 0. The van der Waals surface area contributed by atoms with Gasteiger partial charge in [-0.2, -0.15) is 9.97 Å². The summed E-state index contributed by atoms with van der Waals surface area (Å²) in [6.45, 7) is 6.60. The van der Waals surface area contributed by atoms with Crippen LogP contribution in [0.4, 0.5) is 38.3 Å². The van der Waals surface area contributed by atoms with E-state index in [1.807, 2.05) is 28.8 Å². The molecule has 16 nitrogen and oxygen atoms in total. The fourth-order valence-electron chi connectivity index (χ4n) is 5.74. The number of piperazine rings is 1. The summed E-state index contributed by atoms with van der Waals surface area (Å²) in [6, 6.07) is 3.88. The van der Waals surface area contributed by atoms with Gasteiger partial charge in [0, 0.05) is 101 Å². The Bertz CT molecular complexity index is 1690. The first-order valence-corrected chi connectivity index (χ1v) is 16.8. The lowest BCUT2D eigenvalue weighted by atomic mass is 10.2. The van der Waals surface area contributed by atoms with E-state index in [0.717, 1.165) is 6.07 Å². The number of anilines is 5. The van der Waals surface area contributed by atoms with Gasteiger partial charge >= 0.3 is 0 Å². The van der Waals surface area contributed by atoms with Crippen molar-refractivity contribution in [2.75, 3.05) is 139 Å². The van der Waals surface area contributed by atoms with Crippen molar-refractivity contribution in [3.63, 3.8) is 0 Å². The number of halogens is 2. The minimum atomic E-state index is -0.918. The van der Waals surface area contributed by atoms with Gasteiger partial charge in [0.05, 0.1) is 26.4 Å². The van der Waals surface area contributed by atoms with Gasteiger partial charge in [0.2, 0.25) is 17.8 Å². The second-order valence-corrected chi connectivity index (χ2v) is 12.1. The predicted octanol–water partition coefficient (Wildman–Crippen LogP) is 1.99. The molecule has 1 aliphatic rings. The van der Waals surface area contributed by atoms with E-state index in [1.54, 1.807) is 45.5 Å². The number of nitrogens with zero attached hydrogens (tertiary/aromatic N) is 12. The second kappa shape index (κ2) is 18.1. The third kappa shape index (κ3) is 9.43. The summed E-state index contributed by atoms with van der Waals surface area (Å²) in [5, 5.41) is 4.49. The number of fused-ring (bicyclic) bond motifs is 1. The minimum Gasteiger partial charge on any atom is -0.383 e. The van der Waals surface area contributed by atoms with Crippen molar-refractivity contribution in [1.82, 2.24) is 34.7 Å². The molecule has 278 valence electrons. The van der Waals surface area contributed by atoms with E-state index in [1.165, 1.54) is 6.07 Å².